The standard InChI is InChI=1S/C25H33N5O2.HI/c1-19-10-12-21(13-11-19)29-15-5-7-20(17-29)28-25(26-2)27-14-6-16-30-22-8-3-4-9-23(22)32-18-24(30)31;/h3-4,8-13,20H,5-7,14-18H2,1-2H3,(H2,26,27,28);1H. The lowest BCUT2D eigenvalue weighted by Gasteiger charge is -2.35. The summed E-state index contributed by atoms with van der Waals surface area (Å²) in [5.41, 5.74) is 3.41. The fourth-order valence-corrected chi connectivity index (χ4v) is 4.32. The number of benzene rings is 2. The number of ether oxygens (including phenoxy) is 1. The first-order valence-electron chi connectivity index (χ1n) is 11.4. The van der Waals surface area contributed by atoms with Crippen molar-refractivity contribution in [1.29, 1.82) is 0 Å². The van der Waals surface area contributed by atoms with E-state index in [4.69, 9.17) is 4.74 Å². The molecular formula is C25H34IN5O2. The van der Waals surface area contributed by atoms with E-state index < -0.39 is 0 Å². The van der Waals surface area contributed by atoms with Gasteiger partial charge in [0.1, 0.15) is 5.75 Å². The highest BCUT2D eigenvalue weighted by molar-refractivity contribution is 14.0. The molecule has 33 heavy (non-hydrogen) atoms. The van der Waals surface area contributed by atoms with E-state index in [0.29, 0.717) is 12.6 Å². The predicted octanol–water partition coefficient (Wildman–Crippen LogP) is 3.56. The number of nitrogens with zero attached hydrogens (tertiary/aromatic N) is 3. The van der Waals surface area contributed by atoms with Crippen LogP contribution in [0.1, 0.15) is 24.8 Å². The second kappa shape index (κ2) is 12.1. The number of fused-ring (bicyclic) bond motifs is 1. The summed E-state index contributed by atoms with van der Waals surface area (Å²) in [6, 6.07) is 16.8. The largest absolute Gasteiger partial charge is 0.482 e. The van der Waals surface area contributed by atoms with E-state index in [9.17, 15) is 4.79 Å². The van der Waals surface area contributed by atoms with Gasteiger partial charge in [-0.2, -0.15) is 0 Å². The Balaban J connectivity index is 0.00000306. The average Bonchev–Trinajstić information content (AvgIpc) is 2.82. The van der Waals surface area contributed by atoms with Crippen LogP contribution in [0.25, 0.3) is 0 Å². The third-order valence-corrected chi connectivity index (χ3v) is 6.04. The van der Waals surface area contributed by atoms with Crippen LogP contribution in [0.2, 0.25) is 0 Å². The van der Waals surface area contributed by atoms with Gasteiger partial charge in [-0.15, -0.1) is 24.0 Å². The van der Waals surface area contributed by atoms with E-state index in [1.54, 1.807) is 7.05 Å². The molecule has 2 heterocycles. The summed E-state index contributed by atoms with van der Waals surface area (Å²) in [6.45, 7) is 5.65. The number of guanidine groups is 1. The van der Waals surface area contributed by atoms with Gasteiger partial charge in [0.2, 0.25) is 0 Å². The van der Waals surface area contributed by atoms with E-state index >= 15 is 0 Å². The fourth-order valence-electron chi connectivity index (χ4n) is 4.32. The number of anilines is 2. The smallest absolute Gasteiger partial charge is 0.265 e. The van der Waals surface area contributed by atoms with Crippen molar-refractivity contribution in [1.82, 2.24) is 10.6 Å². The summed E-state index contributed by atoms with van der Waals surface area (Å²) in [5.74, 6) is 1.59. The average molecular weight is 563 g/mol. The number of halogens is 1. The second-order valence-electron chi connectivity index (χ2n) is 8.42. The molecule has 0 aromatic heterocycles. The first-order chi connectivity index (χ1) is 15.6. The zero-order chi connectivity index (χ0) is 22.3. The van der Waals surface area contributed by atoms with Gasteiger partial charge in [-0.1, -0.05) is 29.8 Å². The van der Waals surface area contributed by atoms with Crippen molar-refractivity contribution in [2.24, 2.45) is 4.99 Å². The van der Waals surface area contributed by atoms with Crippen LogP contribution >= 0.6 is 24.0 Å². The van der Waals surface area contributed by atoms with Crippen LogP contribution < -0.4 is 25.2 Å². The van der Waals surface area contributed by atoms with Crippen LogP contribution in [-0.4, -0.2) is 57.7 Å². The van der Waals surface area contributed by atoms with Gasteiger partial charge < -0.3 is 25.2 Å². The summed E-state index contributed by atoms with van der Waals surface area (Å²) in [4.78, 5) is 21.0. The molecule has 1 atom stereocenters. The number of hydrogen-bond acceptors (Lipinski definition) is 4. The summed E-state index contributed by atoms with van der Waals surface area (Å²) in [7, 11) is 1.80. The minimum absolute atomic E-state index is 0. The van der Waals surface area contributed by atoms with Crippen molar-refractivity contribution in [2.75, 3.05) is 49.6 Å². The number of piperidine rings is 1. The van der Waals surface area contributed by atoms with Gasteiger partial charge in [0.25, 0.3) is 5.91 Å². The first kappa shape index (κ1) is 25.1. The third-order valence-electron chi connectivity index (χ3n) is 6.04. The highest BCUT2D eigenvalue weighted by Gasteiger charge is 2.25. The summed E-state index contributed by atoms with van der Waals surface area (Å²) >= 11 is 0. The Bertz CT molecular complexity index is 950. The molecule has 178 valence electrons. The highest BCUT2D eigenvalue weighted by Crippen LogP contribution is 2.31. The molecule has 2 aromatic carbocycles. The Morgan fingerprint density at radius 2 is 1.97 bits per heavy atom. The molecule has 8 heteroatoms. The van der Waals surface area contributed by atoms with Crippen molar-refractivity contribution in [3.8, 4) is 5.75 Å². The van der Waals surface area contributed by atoms with Gasteiger partial charge >= 0.3 is 0 Å². The van der Waals surface area contributed by atoms with Gasteiger partial charge in [0, 0.05) is 45.0 Å². The van der Waals surface area contributed by atoms with Gasteiger partial charge in [-0.25, -0.2) is 0 Å². The molecule has 2 aliphatic heterocycles. The van der Waals surface area contributed by atoms with Crippen molar-refractivity contribution in [2.45, 2.75) is 32.2 Å². The molecular weight excluding hydrogens is 529 g/mol. The maximum absolute atomic E-state index is 12.3. The van der Waals surface area contributed by atoms with Gasteiger partial charge in [0.15, 0.2) is 12.6 Å². The summed E-state index contributed by atoms with van der Waals surface area (Å²) in [6.07, 6.45) is 3.10. The van der Waals surface area contributed by atoms with Crippen molar-refractivity contribution >= 4 is 47.2 Å². The minimum Gasteiger partial charge on any atom is -0.482 e. The number of amides is 1. The lowest BCUT2D eigenvalue weighted by atomic mass is 10.0. The van der Waals surface area contributed by atoms with Gasteiger partial charge in [0.05, 0.1) is 5.69 Å². The van der Waals surface area contributed by atoms with Gasteiger partial charge in [-0.3, -0.25) is 9.79 Å². The lowest BCUT2D eigenvalue weighted by Crippen LogP contribution is -2.51. The minimum atomic E-state index is 0. The molecule has 1 amide bonds. The molecule has 7 nitrogen and oxygen atoms in total. The molecule has 1 fully saturated rings. The Labute approximate surface area is 213 Å². The molecule has 2 N–H and O–H groups in total. The second-order valence-corrected chi connectivity index (χ2v) is 8.42. The van der Waals surface area contributed by atoms with E-state index in [1.807, 2.05) is 29.2 Å². The number of nitrogens with one attached hydrogen (secondary N) is 2. The quantitative estimate of drug-likeness (QED) is 0.244. The molecule has 4 rings (SSSR count). The summed E-state index contributed by atoms with van der Waals surface area (Å²) < 4.78 is 5.52. The van der Waals surface area contributed by atoms with Crippen LogP contribution in [-0.2, 0) is 4.79 Å². The fraction of sp³-hybridized carbons (Fsp3) is 0.440. The number of rotatable bonds is 6. The zero-order valence-electron chi connectivity index (χ0n) is 19.4. The van der Waals surface area contributed by atoms with Crippen LogP contribution in [0.5, 0.6) is 5.75 Å². The number of carbonyl (C=O) groups is 1. The van der Waals surface area contributed by atoms with Gasteiger partial charge in [-0.05, 0) is 50.5 Å². The number of aliphatic imine (C=N–C) groups is 1. The monoisotopic (exact) mass is 563 g/mol. The molecule has 0 bridgehead atoms. The number of hydrogen-bond donors (Lipinski definition) is 2. The predicted molar refractivity (Wildman–Crippen MR) is 145 cm³/mol. The van der Waals surface area contributed by atoms with E-state index in [2.05, 4.69) is 51.7 Å². The molecule has 1 saturated heterocycles. The SMILES string of the molecule is CN=C(NCCCN1C(=O)COc2ccccc21)NC1CCCN(c2ccc(C)cc2)C1.I. The lowest BCUT2D eigenvalue weighted by molar-refractivity contribution is -0.121. The normalized spacial score (nSPS) is 18.2. The first-order valence-corrected chi connectivity index (χ1v) is 11.4. The summed E-state index contributed by atoms with van der Waals surface area (Å²) in [5, 5.41) is 6.98. The molecule has 0 radical (unpaired) electrons. The number of aryl methyl sites for hydroxylation is 1. The van der Waals surface area contributed by atoms with Crippen LogP contribution in [0.4, 0.5) is 11.4 Å². The van der Waals surface area contributed by atoms with Crippen LogP contribution in [0.15, 0.2) is 53.5 Å². The van der Waals surface area contributed by atoms with E-state index in [-0.39, 0.29) is 36.5 Å². The molecule has 1 unspecified atom stereocenters. The number of para-hydroxylation sites is 2. The maximum Gasteiger partial charge on any atom is 0.265 e. The van der Waals surface area contributed by atoms with Crippen molar-refractivity contribution in [3.63, 3.8) is 0 Å². The third kappa shape index (κ3) is 6.52. The number of carbonyl (C=O) groups excluding carboxylic acids is 1. The maximum atomic E-state index is 12.3. The molecule has 0 saturated carbocycles. The molecule has 0 aliphatic carbocycles. The topological polar surface area (TPSA) is 69.2 Å². The van der Waals surface area contributed by atoms with E-state index in [1.165, 1.54) is 11.3 Å². The Morgan fingerprint density at radius 3 is 2.76 bits per heavy atom. The highest BCUT2D eigenvalue weighted by atomic mass is 127. The molecule has 2 aliphatic rings. The Kier molecular flexibility index (Phi) is 9.22. The van der Waals surface area contributed by atoms with E-state index in [0.717, 1.165) is 56.3 Å². The molecule has 2 aromatic rings. The zero-order valence-corrected chi connectivity index (χ0v) is 21.7. The van der Waals surface area contributed by atoms with Crippen molar-refractivity contribution < 1.29 is 9.53 Å². The van der Waals surface area contributed by atoms with Crippen LogP contribution in [0.3, 0.4) is 0 Å². The Morgan fingerprint density at radius 1 is 1.18 bits per heavy atom. The van der Waals surface area contributed by atoms with Crippen molar-refractivity contribution in [3.05, 3.63) is 54.1 Å². The molecule has 0 spiro atoms. The Hall–Kier alpha value is -2.49. The van der Waals surface area contributed by atoms with Crippen LogP contribution in [0, 0.1) is 6.92 Å².